The molecule has 3 rings (SSSR count). The van der Waals surface area contributed by atoms with Crippen LogP contribution in [0.3, 0.4) is 0 Å². The van der Waals surface area contributed by atoms with Crippen molar-refractivity contribution in [3.8, 4) is 5.75 Å². The third-order valence-corrected chi connectivity index (χ3v) is 5.14. The van der Waals surface area contributed by atoms with E-state index in [2.05, 4.69) is 22.1 Å². The van der Waals surface area contributed by atoms with Gasteiger partial charge >= 0.3 is 0 Å². The van der Waals surface area contributed by atoms with E-state index in [0.717, 1.165) is 30.9 Å². The van der Waals surface area contributed by atoms with Gasteiger partial charge in [0.2, 0.25) is 0 Å². The lowest BCUT2D eigenvalue weighted by Gasteiger charge is -2.33. The van der Waals surface area contributed by atoms with Crippen molar-refractivity contribution >= 4 is 11.8 Å². The summed E-state index contributed by atoms with van der Waals surface area (Å²) < 4.78 is 5.21. The van der Waals surface area contributed by atoms with E-state index in [1.165, 1.54) is 0 Å². The van der Waals surface area contributed by atoms with E-state index in [9.17, 15) is 9.59 Å². The van der Waals surface area contributed by atoms with Crippen LogP contribution in [0.2, 0.25) is 0 Å². The van der Waals surface area contributed by atoms with Crippen molar-refractivity contribution in [1.82, 2.24) is 20.1 Å². The van der Waals surface area contributed by atoms with Crippen molar-refractivity contribution in [3.05, 3.63) is 59.4 Å². The monoisotopic (exact) mass is 396 g/mol. The van der Waals surface area contributed by atoms with Crippen molar-refractivity contribution in [3.63, 3.8) is 0 Å². The molecule has 1 aromatic heterocycles. The maximum absolute atomic E-state index is 12.7. The number of likely N-dealkylation sites (N-methyl/N-ethyl adjacent to an activating group) is 1. The second-order valence-electron chi connectivity index (χ2n) is 6.99. The van der Waals surface area contributed by atoms with Crippen LogP contribution in [0.25, 0.3) is 0 Å². The quantitative estimate of drug-likeness (QED) is 0.773. The van der Waals surface area contributed by atoms with E-state index in [0.29, 0.717) is 31.7 Å². The normalized spacial score (nSPS) is 14.5. The number of carbonyl (C=O) groups is 2. The minimum Gasteiger partial charge on any atom is -0.497 e. The molecule has 7 heteroatoms. The highest BCUT2D eigenvalue weighted by Gasteiger charge is 2.22. The Labute approximate surface area is 171 Å². The highest BCUT2D eigenvalue weighted by Crippen LogP contribution is 2.13. The third-order valence-electron chi connectivity index (χ3n) is 5.14. The second kappa shape index (κ2) is 10.0. The van der Waals surface area contributed by atoms with Gasteiger partial charge in [0, 0.05) is 32.7 Å². The predicted molar refractivity (Wildman–Crippen MR) is 111 cm³/mol. The first-order chi connectivity index (χ1) is 14.1. The summed E-state index contributed by atoms with van der Waals surface area (Å²) in [6.07, 6.45) is 0.684. The summed E-state index contributed by atoms with van der Waals surface area (Å²) in [6, 6.07) is 12.8. The molecule has 0 unspecified atom stereocenters. The van der Waals surface area contributed by atoms with Gasteiger partial charge in [0.05, 0.1) is 7.11 Å². The zero-order valence-electron chi connectivity index (χ0n) is 17.1. The molecule has 0 spiro atoms. The molecule has 154 valence electrons. The third kappa shape index (κ3) is 5.54. The van der Waals surface area contributed by atoms with Crippen molar-refractivity contribution in [2.45, 2.75) is 13.3 Å². The minimum atomic E-state index is -0.279. The van der Waals surface area contributed by atoms with E-state index < -0.39 is 0 Å². The number of benzene rings is 1. The summed E-state index contributed by atoms with van der Waals surface area (Å²) in [5.41, 5.74) is 1.65. The average Bonchev–Trinajstić information content (AvgIpc) is 2.78. The van der Waals surface area contributed by atoms with Crippen LogP contribution in [0.1, 0.15) is 33.5 Å². The first kappa shape index (κ1) is 20.8. The standard InChI is InChI=1S/C22H28N4O3/c1-3-25-12-14-26(15-13-25)22(28)20-9-5-8-19(24-20)21(27)23-11-10-17-6-4-7-18(16-17)29-2/h4-9,16H,3,10-15H2,1-2H3,(H,23,27). The van der Waals surface area contributed by atoms with Gasteiger partial charge in [-0.15, -0.1) is 0 Å². The molecular weight excluding hydrogens is 368 g/mol. The van der Waals surface area contributed by atoms with Crippen LogP contribution in [0.4, 0.5) is 0 Å². The van der Waals surface area contributed by atoms with Crippen molar-refractivity contribution < 1.29 is 14.3 Å². The number of amides is 2. The molecule has 2 amide bonds. The summed E-state index contributed by atoms with van der Waals surface area (Å²) in [4.78, 5) is 33.6. The number of pyridine rings is 1. The van der Waals surface area contributed by atoms with Gasteiger partial charge in [-0.25, -0.2) is 4.98 Å². The molecule has 1 aliphatic heterocycles. The molecule has 0 radical (unpaired) electrons. The average molecular weight is 396 g/mol. The maximum Gasteiger partial charge on any atom is 0.272 e. The Balaban J connectivity index is 1.55. The summed E-state index contributed by atoms with van der Waals surface area (Å²) in [6.45, 7) is 6.70. The van der Waals surface area contributed by atoms with Crippen LogP contribution in [0, 0.1) is 0 Å². The van der Waals surface area contributed by atoms with Gasteiger partial charge in [0.1, 0.15) is 17.1 Å². The molecule has 0 atom stereocenters. The van der Waals surface area contributed by atoms with Crippen LogP contribution in [-0.2, 0) is 6.42 Å². The summed E-state index contributed by atoms with van der Waals surface area (Å²) in [5.74, 6) is 0.395. The first-order valence-electron chi connectivity index (χ1n) is 10.0. The Bertz CT molecular complexity index is 847. The molecule has 1 saturated heterocycles. The Morgan fingerprint density at radius 2 is 1.79 bits per heavy atom. The van der Waals surface area contributed by atoms with Crippen LogP contribution in [0.15, 0.2) is 42.5 Å². The highest BCUT2D eigenvalue weighted by molar-refractivity contribution is 5.96. The van der Waals surface area contributed by atoms with Crippen molar-refractivity contribution in [2.24, 2.45) is 0 Å². The lowest BCUT2D eigenvalue weighted by Crippen LogP contribution is -2.48. The highest BCUT2D eigenvalue weighted by atomic mass is 16.5. The number of aromatic nitrogens is 1. The van der Waals surface area contributed by atoms with Gasteiger partial charge in [-0.2, -0.15) is 0 Å². The molecule has 29 heavy (non-hydrogen) atoms. The molecule has 7 nitrogen and oxygen atoms in total. The Morgan fingerprint density at radius 1 is 1.07 bits per heavy atom. The smallest absolute Gasteiger partial charge is 0.272 e. The number of rotatable bonds is 7. The number of nitrogens with one attached hydrogen (secondary N) is 1. The fraction of sp³-hybridized carbons (Fsp3) is 0.409. The number of hydrogen-bond donors (Lipinski definition) is 1. The molecule has 2 heterocycles. The summed E-state index contributed by atoms with van der Waals surface area (Å²) >= 11 is 0. The van der Waals surface area contributed by atoms with Gasteiger partial charge < -0.3 is 19.9 Å². The molecule has 0 saturated carbocycles. The zero-order chi connectivity index (χ0) is 20.6. The molecule has 1 N–H and O–H groups in total. The van der Waals surface area contributed by atoms with Gasteiger partial charge in [-0.3, -0.25) is 9.59 Å². The SMILES string of the molecule is CCN1CCN(C(=O)c2cccc(C(=O)NCCc3cccc(OC)c3)n2)CC1. The second-order valence-corrected chi connectivity index (χ2v) is 6.99. The number of methoxy groups -OCH3 is 1. The Hall–Kier alpha value is -2.93. The predicted octanol–water partition coefficient (Wildman–Crippen LogP) is 1.84. The topological polar surface area (TPSA) is 74.8 Å². The van der Waals surface area contributed by atoms with Crippen molar-refractivity contribution in [2.75, 3.05) is 46.4 Å². The fourth-order valence-electron chi connectivity index (χ4n) is 3.35. The van der Waals surface area contributed by atoms with Gasteiger partial charge in [0.15, 0.2) is 0 Å². The lowest BCUT2D eigenvalue weighted by atomic mass is 10.1. The first-order valence-corrected chi connectivity index (χ1v) is 10.0. The van der Waals surface area contributed by atoms with Crippen LogP contribution in [-0.4, -0.2) is 73.0 Å². The molecule has 1 aromatic carbocycles. The molecule has 0 bridgehead atoms. The maximum atomic E-state index is 12.7. The van der Waals surface area contributed by atoms with E-state index >= 15 is 0 Å². The largest absolute Gasteiger partial charge is 0.497 e. The van der Waals surface area contributed by atoms with E-state index in [1.807, 2.05) is 24.3 Å². The minimum absolute atomic E-state index is 0.119. The fourth-order valence-corrected chi connectivity index (χ4v) is 3.35. The lowest BCUT2D eigenvalue weighted by molar-refractivity contribution is 0.0637. The molecule has 1 fully saturated rings. The zero-order valence-corrected chi connectivity index (χ0v) is 17.1. The Morgan fingerprint density at radius 3 is 2.52 bits per heavy atom. The molecule has 2 aromatic rings. The molecule has 1 aliphatic rings. The van der Waals surface area contributed by atoms with Crippen molar-refractivity contribution in [1.29, 1.82) is 0 Å². The molecular formula is C22H28N4O3. The van der Waals surface area contributed by atoms with Gasteiger partial charge in [-0.05, 0) is 42.8 Å². The molecule has 0 aliphatic carbocycles. The van der Waals surface area contributed by atoms with E-state index in [1.54, 1.807) is 30.2 Å². The number of nitrogens with zero attached hydrogens (tertiary/aromatic N) is 3. The number of piperazine rings is 1. The van der Waals surface area contributed by atoms with Crippen LogP contribution in [0.5, 0.6) is 5.75 Å². The van der Waals surface area contributed by atoms with Crippen LogP contribution < -0.4 is 10.1 Å². The van der Waals surface area contributed by atoms with Gasteiger partial charge in [-0.1, -0.05) is 25.1 Å². The van der Waals surface area contributed by atoms with E-state index in [4.69, 9.17) is 4.74 Å². The van der Waals surface area contributed by atoms with Crippen LogP contribution >= 0.6 is 0 Å². The number of ether oxygens (including phenoxy) is 1. The van der Waals surface area contributed by atoms with E-state index in [-0.39, 0.29) is 17.5 Å². The van der Waals surface area contributed by atoms with Gasteiger partial charge in [0.25, 0.3) is 11.8 Å². The Kier molecular flexibility index (Phi) is 7.19. The number of hydrogen-bond acceptors (Lipinski definition) is 5. The summed E-state index contributed by atoms with van der Waals surface area (Å²) in [5, 5.41) is 2.87. The summed E-state index contributed by atoms with van der Waals surface area (Å²) in [7, 11) is 1.63. The number of carbonyl (C=O) groups excluding carboxylic acids is 2.